The summed E-state index contributed by atoms with van der Waals surface area (Å²) in [5, 5.41) is 0.628. The number of aryl methyl sites for hydroxylation is 1. The van der Waals surface area contributed by atoms with E-state index >= 15 is 0 Å². The molecule has 1 aromatic carbocycles. The Morgan fingerprint density at radius 3 is 2.77 bits per heavy atom. The first-order valence-corrected chi connectivity index (χ1v) is 8.52. The average Bonchev–Trinajstić information content (AvgIpc) is 2.78. The van der Waals surface area contributed by atoms with Gasteiger partial charge in [0.2, 0.25) is 0 Å². The molecule has 0 unspecified atom stereocenters. The van der Waals surface area contributed by atoms with Gasteiger partial charge in [0.15, 0.2) is 4.32 Å². The van der Waals surface area contributed by atoms with Gasteiger partial charge in [0, 0.05) is 24.3 Å². The highest BCUT2D eigenvalue weighted by molar-refractivity contribution is 8.27. The predicted molar refractivity (Wildman–Crippen MR) is 94.3 cm³/mol. The largest absolute Gasteiger partial charge is 0.378 e. The number of nitrogens with zero attached hydrogens (tertiary/aromatic N) is 2. The number of hydrogen-bond acceptors (Lipinski definition) is 5. The van der Waals surface area contributed by atoms with Crippen molar-refractivity contribution < 1.29 is 9.53 Å². The summed E-state index contributed by atoms with van der Waals surface area (Å²) in [6, 6.07) is 5.53. The summed E-state index contributed by atoms with van der Waals surface area (Å²) in [4.78, 5) is 16.9. The molecule has 1 aromatic rings. The van der Waals surface area contributed by atoms with Gasteiger partial charge in [0.25, 0.3) is 5.91 Å². The molecule has 2 aliphatic heterocycles. The van der Waals surface area contributed by atoms with Crippen LogP contribution in [0.3, 0.4) is 0 Å². The Kier molecular flexibility index (Phi) is 4.73. The van der Waals surface area contributed by atoms with E-state index in [1.54, 1.807) is 6.07 Å². The number of rotatable bonds is 2. The maximum Gasteiger partial charge on any atom is 0.272 e. The molecule has 2 saturated heterocycles. The van der Waals surface area contributed by atoms with Crippen molar-refractivity contribution in [2.45, 2.75) is 6.92 Å². The van der Waals surface area contributed by atoms with E-state index in [0.717, 1.165) is 18.7 Å². The molecule has 0 spiro atoms. The van der Waals surface area contributed by atoms with Crippen LogP contribution in [0.1, 0.15) is 5.56 Å². The summed E-state index contributed by atoms with van der Waals surface area (Å²) < 4.78 is 5.85. The third kappa shape index (κ3) is 3.15. The van der Waals surface area contributed by atoms with E-state index < -0.39 is 0 Å². The molecule has 0 atom stereocenters. The van der Waals surface area contributed by atoms with Crippen LogP contribution < -0.4 is 4.90 Å². The molecule has 22 heavy (non-hydrogen) atoms. The molecular formula is C15H15ClN2O2S2. The third-order valence-electron chi connectivity index (χ3n) is 3.55. The molecule has 0 saturated carbocycles. The quantitative estimate of drug-likeness (QED) is 0.601. The Bertz CT molecular complexity index is 657. The first-order valence-electron chi connectivity index (χ1n) is 6.92. The van der Waals surface area contributed by atoms with Gasteiger partial charge in [-0.3, -0.25) is 9.69 Å². The van der Waals surface area contributed by atoms with Crippen LogP contribution in [0.2, 0.25) is 5.02 Å². The number of hydrogen-bond donors (Lipinski definition) is 0. The molecule has 2 fully saturated rings. The van der Waals surface area contributed by atoms with Gasteiger partial charge in [-0.15, -0.1) is 0 Å². The van der Waals surface area contributed by atoms with Gasteiger partial charge in [0.05, 0.1) is 23.8 Å². The third-order valence-corrected chi connectivity index (χ3v) is 5.25. The van der Waals surface area contributed by atoms with Crippen molar-refractivity contribution in [2.24, 2.45) is 0 Å². The van der Waals surface area contributed by atoms with Crippen LogP contribution in [-0.4, -0.2) is 41.4 Å². The van der Waals surface area contributed by atoms with Gasteiger partial charge in [-0.2, -0.15) is 0 Å². The number of ether oxygens (including phenoxy) is 1. The van der Waals surface area contributed by atoms with E-state index in [1.807, 2.05) is 25.3 Å². The zero-order valence-electron chi connectivity index (χ0n) is 12.0. The molecule has 116 valence electrons. The van der Waals surface area contributed by atoms with Crippen LogP contribution in [0.15, 0.2) is 29.3 Å². The van der Waals surface area contributed by atoms with Crippen molar-refractivity contribution in [3.63, 3.8) is 0 Å². The Balaban J connectivity index is 1.84. The number of benzene rings is 1. The lowest BCUT2D eigenvalue weighted by atomic mass is 10.2. The zero-order chi connectivity index (χ0) is 15.7. The van der Waals surface area contributed by atoms with Gasteiger partial charge in [-0.25, -0.2) is 0 Å². The lowest BCUT2D eigenvalue weighted by molar-refractivity contribution is -0.113. The molecule has 3 rings (SSSR count). The van der Waals surface area contributed by atoms with E-state index in [0.29, 0.717) is 33.1 Å². The highest BCUT2D eigenvalue weighted by Crippen LogP contribution is 2.36. The zero-order valence-corrected chi connectivity index (χ0v) is 14.4. The van der Waals surface area contributed by atoms with Crippen LogP contribution >= 0.6 is 35.6 Å². The molecule has 7 heteroatoms. The topological polar surface area (TPSA) is 32.8 Å². The minimum absolute atomic E-state index is 0.0959. The summed E-state index contributed by atoms with van der Waals surface area (Å²) in [7, 11) is 0. The van der Waals surface area contributed by atoms with E-state index in [9.17, 15) is 4.79 Å². The molecule has 0 N–H and O–H groups in total. The summed E-state index contributed by atoms with van der Waals surface area (Å²) >= 11 is 12.8. The van der Waals surface area contributed by atoms with Crippen LogP contribution in [0.25, 0.3) is 0 Å². The molecule has 0 radical (unpaired) electrons. The van der Waals surface area contributed by atoms with Gasteiger partial charge in [-0.05, 0) is 24.6 Å². The SMILES string of the molecule is Cc1ccc(N2C(=O)/C(=C\N3CCOCC3)SC2=S)cc1Cl. The van der Waals surface area contributed by atoms with Crippen molar-refractivity contribution >= 4 is 51.5 Å². The van der Waals surface area contributed by atoms with E-state index in [2.05, 4.69) is 4.90 Å². The first kappa shape index (κ1) is 15.8. The highest BCUT2D eigenvalue weighted by atomic mass is 35.5. The fourth-order valence-electron chi connectivity index (χ4n) is 2.27. The molecule has 4 nitrogen and oxygen atoms in total. The van der Waals surface area contributed by atoms with Gasteiger partial charge in [-0.1, -0.05) is 41.6 Å². The molecule has 1 amide bonds. The summed E-state index contributed by atoms with van der Waals surface area (Å²) in [5.41, 5.74) is 1.68. The summed E-state index contributed by atoms with van der Waals surface area (Å²) in [6.45, 7) is 4.88. The fraction of sp³-hybridized carbons (Fsp3) is 0.333. The molecule has 0 aromatic heterocycles. The number of thiocarbonyl (C=S) groups is 1. The number of anilines is 1. The number of amides is 1. The first-order chi connectivity index (χ1) is 10.6. The second kappa shape index (κ2) is 6.58. The smallest absolute Gasteiger partial charge is 0.272 e. The number of morpholine rings is 1. The summed E-state index contributed by atoms with van der Waals surface area (Å²) in [6.07, 6.45) is 1.89. The highest BCUT2D eigenvalue weighted by Gasteiger charge is 2.34. The number of thioether (sulfide) groups is 1. The van der Waals surface area contributed by atoms with Crippen LogP contribution in [0, 0.1) is 6.92 Å². The fourth-order valence-corrected chi connectivity index (χ4v) is 3.75. The van der Waals surface area contributed by atoms with Crippen molar-refractivity contribution in [2.75, 3.05) is 31.2 Å². The van der Waals surface area contributed by atoms with E-state index in [1.165, 1.54) is 16.7 Å². The van der Waals surface area contributed by atoms with Crippen molar-refractivity contribution in [3.8, 4) is 0 Å². The predicted octanol–water partition coefficient (Wildman–Crippen LogP) is 3.19. The lowest BCUT2D eigenvalue weighted by Crippen LogP contribution is -2.33. The van der Waals surface area contributed by atoms with Crippen molar-refractivity contribution in [1.29, 1.82) is 0 Å². The molecule has 2 aliphatic rings. The number of carbonyl (C=O) groups excluding carboxylic acids is 1. The van der Waals surface area contributed by atoms with Crippen LogP contribution in [0.4, 0.5) is 5.69 Å². The monoisotopic (exact) mass is 354 g/mol. The Hall–Kier alpha value is -1.08. The molecular weight excluding hydrogens is 340 g/mol. The molecule has 2 heterocycles. The second-order valence-corrected chi connectivity index (χ2v) is 7.17. The normalized spacial score (nSPS) is 21.1. The Morgan fingerprint density at radius 2 is 2.09 bits per heavy atom. The van der Waals surface area contributed by atoms with Gasteiger partial charge < -0.3 is 9.64 Å². The van der Waals surface area contributed by atoms with E-state index in [4.69, 9.17) is 28.6 Å². The Morgan fingerprint density at radius 1 is 1.36 bits per heavy atom. The van der Waals surface area contributed by atoms with Crippen molar-refractivity contribution in [1.82, 2.24) is 4.90 Å². The van der Waals surface area contributed by atoms with Crippen LogP contribution in [-0.2, 0) is 9.53 Å². The minimum Gasteiger partial charge on any atom is -0.378 e. The van der Waals surface area contributed by atoms with E-state index in [-0.39, 0.29) is 5.91 Å². The maximum atomic E-state index is 12.6. The van der Waals surface area contributed by atoms with Crippen molar-refractivity contribution in [3.05, 3.63) is 39.9 Å². The standard InChI is InChI=1S/C15H15ClN2O2S2/c1-10-2-3-11(8-12(10)16)18-14(19)13(22-15(18)21)9-17-4-6-20-7-5-17/h2-3,8-9H,4-7H2,1H3/b13-9+. The molecule has 0 bridgehead atoms. The molecule has 0 aliphatic carbocycles. The summed E-state index contributed by atoms with van der Waals surface area (Å²) in [5.74, 6) is -0.0959. The van der Waals surface area contributed by atoms with Gasteiger partial charge >= 0.3 is 0 Å². The maximum absolute atomic E-state index is 12.6. The second-order valence-electron chi connectivity index (χ2n) is 5.08. The lowest BCUT2D eigenvalue weighted by Gasteiger charge is -2.25. The minimum atomic E-state index is -0.0959. The van der Waals surface area contributed by atoms with Crippen LogP contribution in [0.5, 0.6) is 0 Å². The average molecular weight is 355 g/mol. The van der Waals surface area contributed by atoms with Gasteiger partial charge in [0.1, 0.15) is 0 Å². The Labute approximate surface area is 144 Å². The number of carbonyl (C=O) groups is 1. The number of halogens is 1.